The van der Waals surface area contributed by atoms with Gasteiger partial charge in [-0.3, -0.25) is 15.1 Å². The first-order chi connectivity index (χ1) is 15.7. The molecule has 33 heavy (non-hydrogen) atoms. The Morgan fingerprint density at radius 1 is 1.12 bits per heavy atom. The smallest absolute Gasteiger partial charge is 0.416 e. The molecule has 0 aliphatic carbocycles. The number of carbonyl (C=O) groups excluding carboxylic acids is 1. The second-order valence-corrected chi connectivity index (χ2v) is 7.35. The van der Waals surface area contributed by atoms with E-state index < -0.39 is 17.6 Å². The van der Waals surface area contributed by atoms with E-state index in [9.17, 15) is 18.0 Å². The number of carbonyl (C=O) groups is 1. The fourth-order valence-corrected chi connectivity index (χ4v) is 3.03. The van der Waals surface area contributed by atoms with Crippen molar-refractivity contribution in [3.05, 3.63) is 72.1 Å². The number of benzene rings is 1. The Kier molecular flexibility index (Phi) is 5.86. The van der Waals surface area contributed by atoms with Gasteiger partial charge in [0.2, 0.25) is 5.95 Å². The lowest BCUT2D eigenvalue weighted by Gasteiger charge is -2.14. The van der Waals surface area contributed by atoms with Crippen molar-refractivity contribution in [1.82, 2.24) is 19.6 Å². The van der Waals surface area contributed by atoms with Crippen molar-refractivity contribution in [2.24, 2.45) is 0 Å². The summed E-state index contributed by atoms with van der Waals surface area (Å²) in [5.74, 6) is -0.122. The Morgan fingerprint density at radius 3 is 2.64 bits per heavy atom. The van der Waals surface area contributed by atoms with Crippen molar-refractivity contribution in [3.8, 4) is 5.75 Å². The van der Waals surface area contributed by atoms with Crippen LogP contribution < -0.4 is 15.4 Å². The molecule has 0 saturated carbocycles. The standard InChI is InChI=1S/C22H19F3N6O2/c1-13(2)33-17-7-3-6-16(11-17)27-18-9-15(22(23,24)25)10-19-28-21(30-31(18)19)29-20(32)14-5-4-8-26-12-14/h3-13,27H,1-2H3,(H,29,30,32). The van der Waals surface area contributed by atoms with Gasteiger partial charge in [-0.25, -0.2) is 0 Å². The van der Waals surface area contributed by atoms with Gasteiger partial charge in [0.05, 0.1) is 17.2 Å². The lowest BCUT2D eigenvalue weighted by Crippen LogP contribution is -2.13. The topological polar surface area (TPSA) is 93.4 Å². The summed E-state index contributed by atoms with van der Waals surface area (Å²) in [5.41, 5.74) is -0.258. The number of aromatic nitrogens is 4. The summed E-state index contributed by atoms with van der Waals surface area (Å²) in [6.45, 7) is 3.74. The van der Waals surface area contributed by atoms with Gasteiger partial charge >= 0.3 is 6.18 Å². The van der Waals surface area contributed by atoms with Crippen molar-refractivity contribution in [3.63, 3.8) is 0 Å². The molecule has 0 bridgehead atoms. The van der Waals surface area contributed by atoms with E-state index in [1.807, 2.05) is 13.8 Å². The predicted octanol–water partition coefficient (Wildman–Crippen LogP) is 4.93. The first kappa shape index (κ1) is 22.1. The summed E-state index contributed by atoms with van der Waals surface area (Å²) in [4.78, 5) is 20.3. The summed E-state index contributed by atoms with van der Waals surface area (Å²) in [6.07, 6.45) is -1.81. The molecule has 0 spiro atoms. The van der Waals surface area contributed by atoms with Crippen molar-refractivity contribution in [2.75, 3.05) is 10.6 Å². The van der Waals surface area contributed by atoms with Gasteiger partial charge in [-0.2, -0.15) is 22.7 Å². The minimum absolute atomic E-state index is 0.0101. The number of fused-ring (bicyclic) bond motifs is 1. The number of rotatable bonds is 6. The average molecular weight is 456 g/mol. The molecular formula is C22H19F3N6O2. The maximum atomic E-state index is 13.5. The van der Waals surface area contributed by atoms with Crippen LogP contribution in [-0.2, 0) is 6.18 Å². The Balaban J connectivity index is 1.71. The van der Waals surface area contributed by atoms with Crippen LogP contribution in [0.3, 0.4) is 0 Å². The van der Waals surface area contributed by atoms with Gasteiger partial charge in [0.1, 0.15) is 11.6 Å². The quantitative estimate of drug-likeness (QED) is 0.428. The van der Waals surface area contributed by atoms with Gasteiger partial charge in [0, 0.05) is 24.1 Å². The lowest BCUT2D eigenvalue weighted by atomic mass is 10.2. The Labute approximate surface area is 186 Å². The molecule has 4 aromatic rings. The summed E-state index contributed by atoms with van der Waals surface area (Å²) in [6, 6.07) is 11.7. The van der Waals surface area contributed by atoms with Gasteiger partial charge in [-0.1, -0.05) is 6.07 Å². The minimum atomic E-state index is -4.61. The molecule has 0 saturated heterocycles. The van der Waals surface area contributed by atoms with E-state index in [1.165, 1.54) is 16.9 Å². The van der Waals surface area contributed by atoms with Crippen molar-refractivity contribution in [2.45, 2.75) is 26.1 Å². The largest absolute Gasteiger partial charge is 0.491 e. The monoisotopic (exact) mass is 456 g/mol. The molecule has 3 heterocycles. The third-order valence-electron chi connectivity index (χ3n) is 4.39. The Bertz CT molecular complexity index is 1290. The predicted molar refractivity (Wildman–Crippen MR) is 116 cm³/mol. The highest BCUT2D eigenvalue weighted by Gasteiger charge is 2.32. The highest BCUT2D eigenvalue weighted by atomic mass is 19.4. The van der Waals surface area contributed by atoms with Crippen LogP contribution in [-0.4, -0.2) is 31.6 Å². The number of hydrogen-bond donors (Lipinski definition) is 2. The molecule has 3 aromatic heterocycles. The second kappa shape index (κ2) is 8.77. The fourth-order valence-electron chi connectivity index (χ4n) is 3.03. The molecule has 170 valence electrons. The number of hydrogen-bond acceptors (Lipinski definition) is 6. The van der Waals surface area contributed by atoms with Crippen LogP contribution in [0, 0.1) is 0 Å². The van der Waals surface area contributed by atoms with E-state index >= 15 is 0 Å². The second-order valence-electron chi connectivity index (χ2n) is 7.35. The molecule has 0 atom stereocenters. The summed E-state index contributed by atoms with van der Waals surface area (Å²) in [7, 11) is 0. The van der Waals surface area contributed by atoms with Gasteiger partial charge in [0.15, 0.2) is 5.65 Å². The van der Waals surface area contributed by atoms with Crippen LogP contribution in [0.4, 0.5) is 30.6 Å². The first-order valence-electron chi connectivity index (χ1n) is 9.92. The number of pyridine rings is 2. The van der Waals surface area contributed by atoms with Crippen molar-refractivity contribution < 1.29 is 22.7 Å². The maximum Gasteiger partial charge on any atom is 0.416 e. The molecule has 4 rings (SSSR count). The zero-order chi connectivity index (χ0) is 23.6. The van der Waals surface area contributed by atoms with Gasteiger partial charge in [0.25, 0.3) is 5.91 Å². The van der Waals surface area contributed by atoms with E-state index in [1.54, 1.807) is 36.4 Å². The van der Waals surface area contributed by atoms with Crippen molar-refractivity contribution >= 4 is 29.0 Å². The summed E-state index contributed by atoms with van der Waals surface area (Å²) in [5, 5.41) is 9.57. The molecule has 1 amide bonds. The molecule has 0 radical (unpaired) electrons. The van der Waals surface area contributed by atoms with Crippen LogP contribution in [0.25, 0.3) is 5.65 Å². The lowest BCUT2D eigenvalue weighted by molar-refractivity contribution is -0.137. The summed E-state index contributed by atoms with van der Waals surface area (Å²) < 4.78 is 47.3. The SMILES string of the molecule is CC(C)Oc1cccc(Nc2cc(C(F)(F)F)cc3nc(NC(=O)c4cccnc4)nn23)c1. The molecule has 0 aliphatic rings. The highest BCUT2D eigenvalue weighted by molar-refractivity contribution is 6.03. The number of anilines is 3. The molecule has 0 unspecified atom stereocenters. The van der Waals surface area contributed by atoms with Crippen LogP contribution >= 0.6 is 0 Å². The van der Waals surface area contributed by atoms with Crippen LogP contribution in [0.2, 0.25) is 0 Å². The van der Waals surface area contributed by atoms with E-state index in [-0.39, 0.29) is 29.1 Å². The Morgan fingerprint density at radius 2 is 1.94 bits per heavy atom. The van der Waals surface area contributed by atoms with Crippen LogP contribution in [0.5, 0.6) is 5.75 Å². The number of amides is 1. The number of nitrogens with zero attached hydrogens (tertiary/aromatic N) is 4. The molecule has 0 aliphatic heterocycles. The third kappa shape index (κ3) is 5.20. The first-order valence-corrected chi connectivity index (χ1v) is 9.92. The number of nitrogens with one attached hydrogen (secondary N) is 2. The fraction of sp³-hybridized carbons (Fsp3) is 0.182. The third-order valence-corrected chi connectivity index (χ3v) is 4.39. The average Bonchev–Trinajstić information content (AvgIpc) is 3.16. The van der Waals surface area contributed by atoms with Gasteiger partial charge in [-0.05, 0) is 50.2 Å². The van der Waals surface area contributed by atoms with Crippen LogP contribution in [0.1, 0.15) is 29.8 Å². The Hall–Kier alpha value is -4.15. The maximum absolute atomic E-state index is 13.5. The zero-order valence-electron chi connectivity index (χ0n) is 17.6. The van der Waals surface area contributed by atoms with Gasteiger partial charge in [-0.15, -0.1) is 5.10 Å². The summed E-state index contributed by atoms with van der Waals surface area (Å²) >= 11 is 0. The highest BCUT2D eigenvalue weighted by Crippen LogP contribution is 2.33. The number of halogens is 3. The van der Waals surface area contributed by atoms with E-state index in [4.69, 9.17) is 4.74 Å². The normalized spacial score (nSPS) is 11.6. The molecule has 0 fully saturated rings. The molecule has 11 heteroatoms. The van der Waals surface area contributed by atoms with E-state index in [0.29, 0.717) is 11.4 Å². The molecular weight excluding hydrogens is 437 g/mol. The zero-order valence-corrected chi connectivity index (χ0v) is 17.6. The van der Waals surface area contributed by atoms with E-state index in [2.05, 4.69) is 25.7 Å². The number of alkyl halides is 3. The van der Waals surface area contributed by atoms with Gasteiger partial charge < -0.3 is 10.1 Å². The van der Waals surface area contributed by atoms with Crippen LogP contribution in [0.15, 0.2) is 60.9 Å². The minimum Gasteiger partial charge on any atom is -0.491 e. The molecule has 1 aromatic carbocycles. The van der Waals surface area contributed by atoms with E-state index in [0.717, 1.165) is 12.1 Å². The molecule has 2 N–H and O–H groups in total. The van der Waals surface area contributed by atoms with Crippen molar-refractivity contribution in [1.29, 1.82) is 0 Å². The molecule has 8 nitrogen and oxygen atoms in total. The number of ether oxygens (including phenoxy) is 1.